The van der Waals surface area contributed by atoms with Gasteiger partial charge in [0.25, 0.3) is 5.56 Å². The van der Waals surface area contributed by atoms with Gasteiger partial charge in [-0.25, -0.2) is 0 Å². The first-order valence-corrected chi connectivity index (χ1v) is 7.74. The molecule has 1 heterocycles. The average molecular weight is 316 g/mol. The Kier molecular flexibility index (Phi) is 5.45. The van der Waals surface area contributed by atoms with Crippen molar-refractivity contribution >= 4 is 5.69 Å². The molecule has 0 unspecified atom stereocenters. The number of aryl methyl sites for hydroxylation is 3. The van der Waals surface area contributed by atoms with E-state index < -0.39 is 0 Å². The molecule has 5 nitrogen and oxygen atoms in total. The standard InChI is InChI=1S/C18H24N2O3/c1-5-13-8-15(18(22)20-16(13)10-21)19-9-14-6-11(2)12(3)7-17(14)23-4/h6-8,19,21H,5,9-10H2,1-4H3,(H,20,22). The van der Waals surface area contributed by atoms with Crippen LogP contribution in [0.3, 0.4) is 0 Å². The van der Waals surface area contributed by atoms with E-state index in [0.717, 1.165) is 23.3 Å². The average Bonchev–Trinajstić information content (AvgIpc) is 2.55. The lowest BCUT2D eigenvalue weighted by Crippen LogP contribution is -2.17. The normalized spacial score (nSPS) is 10.7. The summed E-state index contributed by atoms with van der Waals surface area (Å²) in [6.07, 6.45) is 0.744. The van der Waals surface area contributed by atoms with Gasteiger partial charge in [0.1, 0.15) is 11.4 Å². The van der Waals surface area contributed by atoms with Crippen LogP contribution in [-0.4, -0.2) is 17.2 Å². The summed E-state index contributed by atoms with van der Waals surface area (Å²) in [5.41, 5.74) is 5.13. The molecular formula is C18H24N2O3. The zero-order chi connectivity index (χ0) is 17.0. The van der Waals surface area contributed by atoms with Crippen LogP contribution in [0.1, 0.15) is 34.9 Å². The summed E-state index contributed by atoms with van der Waals surface area (Å²) in [5.74, 6) is 0.805. The topological polar surface area (TPSA) is 74.3 Å². The predicted molar refractivity (Wildman–Crippen MR) is 92.2 cm³/mol. The fraction of sp³-hybridized carbons (Fsp3) is 0.389. The van der Waals surface area contributed by atoms with Crippen molar-refractivity contribution in [1.29, 1.82) is 0 Å². The Balaban J connectivity index is 2.28. The molecule has 1 aromatic carbocycles. The first-order chi connectivity index (χ1) is 11.0. The maximum atomic E-state index is 12.1. The lowest BCUT2D eigenvalue weighted by molar-refractivity contribution is 0.275. The van der Waals surface area contributed by atoms with E-state index in [2.05, 4.69) is 23.3 Å². The van der Waals surface area contributed by atoms with E-state index in [0.29, 0.717) is 17.9 Å². The van der Waals surface area contributed by atoms with Gasteiger partial charge in [-0.1, -0.05) is 13.0 Å². The van der Waals surface area contributed by atoms with Crippen molar-refractivity contribution in [1.82, 2.24) is 4.98 Å². The number of ether oxygens (including phenoxy) is 1. The molecular weight excluding hydrogens is 292 g/mol. The summed E-state index contributed by atoms with van der Waals surface area (Å²) in [5, 5.41) is 12.5. The number of methoxy groups -OCH3 is 1. The van der Waals surface area contributed by atoms with Crippen LogP contribution in [-0.2, 0) is 19.6 Å². The van der Waals surface area contributed by atoms with Crippen molar-refractivity contribution in [2.24, 2.45) is 0 Å². The van der Waals surface area contributed by atoms with Gasteiger partial charge < -0.3 is 20.1 Å². The maximum absolute atomic E-state index is 12.1. The van der Waals surface area contributed by atoms with Crippen molar-refractivity contribution in [3.8, 4) is 5.75 Å². The van der Waals surface area contributed by atoms with Gasteiger partial charge in [-0.2, -0.15) is 0 Å². The molecule has 0 amide bonds. The van der Waals surface area contributed by atoms with Gasteiger partial charge in [0.2, 0.25) is 0 Å². The number of aromatic nitrogens is 1. The summed E-state index contributed by atoms with van der Waals surface area (Å²) >= 11 is 0. The molecule has 0 spiro atoms. The number of anilines is 1. The lowest BCUT2D eigenvalue weighted by atomic mass is 10.0. The van der Waals surface area contributed by atoms with E-state index in [1.807, 2.05) is 19.9 Å². The number of rotatable bonds is 6. The number of aromatic amines is 1. The molecule has 3 N–H and O–H groups in total. The van der Waals surface area contributed by atoms with E-state index in [9.17, 15) is 9.90 Å². The first kappa shape index (κ1) is 17.1. The van der Waals surface area contributed by atoms with Gasteiger partial charge in [0.15, 0.2) is 0 Å². The Morgan fingerprint density at radius 1 is 1.17 bits per heavy atom. The smallest absolute Gasteiger partial charge is 0.271 e. The molecule has 0 atom stereocenters. The van der Waals surface area contributed by atoms with Crippen molar-refractivity contribution in [3.05, 3.63) is 56.5 Å². The fourth-order valence-electron chi connectivity index (χ4n) is 2.57. The highest BCUT2D eigenvalue weighted by Crippen LogP contribution is 2.24. The highest BCUT2D eigenvalue weighted by molar-refractivity contribution is 5.48. The quantitative estimate of drug-likeness (QED) is 0.766. The first-order valence-electron chi connectivity index (χ1n) is 7.74. The molecule has 0 radical (unpaired) electrons. The van der Waals surface area contributed by atoms with Crippen LogP contribution in [0, 0.1) is 13.8 Å². The van der Waals surface area contributed by atoms with Crippen LogP contribution in [0.25, 0.3) is 0 Å². The van der Waals surface area contributed by atoms with Gasteiger partial charge in [0, 0.05) is 17.8 Å². The number of aliphatic hydroxyl groups is 1. The number of nitrogens with one attached hydrogen (secondary N) is 2. The molecule has 2 aromatic rings. The molecule has 0 saturated carbocycles. The number of benzene rings is 1. The molecule has 124 valence electrons. The van der Waals surface area contributed by atoms with Gasteiger partial charge >= 0.3 is 0 Å². The third kappa shape index (κ3) is 3.74. The SMILES string of the molecule is CCc1cc(NCc2cc(C)c(C)cc2OC)c(=O)[nH]c1CO. The molecule has 1 aromatic heterocycles. The Hall–Kier alpha value is -2.27. The number of hydrogen-bond donors (Lipinski definition) is 3. The van der Waals surface area contributed by atoms with Crippen LogP contribution >= 0.6 is 0 Å². The third-order valence-electron chi connectivity index (χ3n) is 4.12. The number of H-pyrrole nitrogens is 1. The monoisotopic (exact) mass is 316 g/mol. The van der Waals surface area contributed by atoms with Gasteiger partial charge in [-0.3, -0.25) is 4.79 Å². The largest absolute Gasteiger partial charge is 0.496 e. The van der Waals surface area contributed by atoms with E-state index >= 15 is 0 Å². The molecule has 5 heteroatoms. The molecule has 0 bridgehead atoms. The van der Waals surface area contributed by atoms with Gasteiger partial charge in [-0.05, 0) is 49.1 Å². The van der Waals surface area contributed by atoms with E-state index in [4.69, 9.17) is 4.74 Å². The summed E-state index contributed by atoms with van der Waals surface area (Å²) in [7, 11) is 1.64. The van der Waals surface area contributed by atoms with E-state index in [1.165, 1.54) is 11.1 Å². The van der Waals surface area contributed by atoms with Crippen molar-refractivity contribution in [2.75, 3.05) is 12.4 Å². The summed E-state index contributed by atoms with van der Waals surface area (Å²) < 4.78 is 5.42. The number of pyridine rings is 1. The fourth-order valence-corrected chi connectivity index (χ4v) is 2.57. The van der Waals surface area contributed by atoms with Crippen LogP contribution in [0.15, 0.2) is 23.0 Å². The Bertz CT molecular complexity index is 751. The number of hydrogen-bond acceptors (Lipinski definition) is 4. The zero-order valence-corrected chi connectivity index (χ0v) is 14.1. The molecule has 0 aliphatic heterocycles. The van der Waals surface area contributed by atoms with Gasteiger partial charge in [0.05, 0.1) is 13.7 Å². The minimum Gasteiger partial charge on any atom is -0.496 e. The lowest BCUT2D eigenvalue weighted by Gasteiger charge is -2.14. The van der Waals surface area contributed by atoms with Crippen molar-refractivity contribution in [3.63, 3.8) is 0 Å². The van der Waals surface area contributed by atoms with Crippen LogP contribution in [0.2, 0.25) is 0 Å². The summed E-state index contributed by atoms with van der Waals surface area (Å²) in [6, 6.07) is 5.87. The highest BCUT2D eigenvalue weighted by atomic mass is 16.5. The Morgan fingerprint density at radius 3 is 2.48 bits per heavy atom. The second kappa shape index (κ2) is 7.33. The second-order valence-corrected chi connectivity index (χ2v) is 5.63. The molecule has 23 heavy (non-hydrogen) atoms. The summed E-state index contributed by atoms with van der Waals surface area (Å²) in [4.78, 5) is 14.8. The van der Waals surface area contributed by atoms with Crippen LogP contribution < -0.4 is 15.6 Å². The molecule has 2 rings (SSSR count). The predicted octanol–water partition coefficient (Wildman–Crippen LogP) is 2.67. The van der Waals surface area contributed by atoms with Crippen molar-refractivity contribution < 1.29 is 9.84 Å². The molecule has 0 saturated heterocycles. The zero-order valence-electron chi connectivity index (χ0n) is 14.1. The third-order valence-corrected chi connectivity index (χ3v) is 4.12. The van der Waals surface area contributed by atoms with E-state index in [-0.39, 0.29) is 12.2 Å². The van der Waals surface area contributed by atoms with Gasteiger partial charge in [-0.15, -0.1) is 0 Å². The number of aliphatic hydroxyl groups excluding tert-OH is 1. The summed E-state index contributed by atoms with van der Waals surface area (Å²) in [6.45, 7) is 6.42. The van der Waals surface area contributed by atoms with Crippen LogP contribution in [0.5, 0.6) is 5.75 Å². The van der Waals surface area contributed by atoms with Crippen molar-refractivity contribution in [2.45, 2.75) is 40.3 Å². The second-order valence-electron chi connectivity index (χ2n) is 5.63. The minimum atomic E-state index is -0.228. The van der Waals surface area contributed by atoms with E-state index in [1.54, 1.807) is 13.2 Å². The highest BCUT2D eigenvalue weighted by Gasteiger charge is 2.09. The molecule has 0 aliphatic rings. The Labute approximate surface area is 136 Å². The minimum absolute atomic E-state index is 0.163. The maximum Gasteiger partial charge on any atom is 0.271 e. The Morgan fingerprint density at radius 2 is 1.87 bits per heavy atom. The van der Waals surface area contributed by atoms with Crippen LogP contribution in [0.4, 0.5) is 5.69 Å². The molecule has 0 fully saturated rings. The molecule has 0 aliphatic carbocycles.